The molecule has 0 aliphatic carbocycles. The Balaban J connectivity index is 2.30. The minimum Gasteiger partial charge on any atom is -0.355 e. The molecule has 0 saturated carbocycles. The highest BCUT2D eigenvalue weighted by Crippen LogP contribution is 2.18. The lowest BCUT2D eigenvalue weighted by molar-refractivity contribution is 0.0963. The molecular weight excluding hydrogens is 198 g/mol. The molecule has 2 nitrogen and oxygen atoms in total. The molecule has 0 aliphatic rings. The minimum atomic E-state index is -0.0621. The summed E-state index contributed by atoms with van der Waals surface area (Å²) in [7, 11) is 1.63. The Morgan fingerprint density at radius 2 is 1.56 bits per heavy atom. The summed E-state index contributed by atoms with van der Waals surface area (Å²) in [6, 6.07) is 18.3. The van der Waals surface area contributed by atoms with E-state index in [1.54, 1.807) is 7.05 Å². The third-order valence-electron chi connectivity index (χ3n) is 2.43. The molecule has 1 radical (unpaired) electrons. The third-order valence-corrected chi connectivity index (χ3v) is 2.43. The summed E-state index contributed by atoms with van der Waals surface area (Å²) in [5.74, 6) is -0.0621. The first-order valence-electron chi connectivity index (χ1n) is 5.10. The number of amides is 1. The summed E-state index contributed by atoms with van der Waals surface area (Å²) in [5, 5.41) is 2.60. The van der Waals surface area contributed by atoms with E-state index in [0.29, 0.717) is 5.56 Å². The summed E-state index contributed by atoms with van der Waals surface area (Å²) in [4.78, 5) is 11.3. The fourth-order valence-electron chi connectivity index (χ4n) is 1.54. The van der Waals surface area contributed by atoms with E-state index in [0.717, 1.165) is 11.1 Å². The number of benzene rings is 2. The second kappa shape index (κ2) is 4.62. The smallest absolute Gasteiger partial charge is 0.251 e. The summed E-state index contributed by atoms with van der Waals surface area (Å²) in [5.41, 5.74) is 2.90. The van der Waals surface area contributed by atoms with Gasteiger partial charge < -0.3 is 5.32 Å². The third kappa shape index (κ3) is 2.11. The summed E-state index contributed by atoms with van der Waals surface area (Å²) in [6.07, 6.45) is 0. The van der Waals surface area contributed by atoms with E-state index >= 15 is 0 Å². The molecule has 16 heavy (non-hydrogen) atoms. The zero-order chi connectivity index (χ0) is 11.4. The van der Waals surface area contributed by atoms with Gasteiger partial charge >= 0.3 is 0 Å². The van der Waals surface area contributed by atoms with Gasteiger partial charge in [0, 0.05) is 12.6 Å². The lowest BCUT2D eigenvalue weighted by atomic mass is 10.0. The van der Waals surface area contributed by atoms with Crippen LogP contribution in [0.5, 0.6) is 0 Å². The van der Waals surface area contributed by atoms with Crippen LogP contribution in [0.3, 0.4) is 0 Å². The largest absolute Gasteiger partial charge is 0.355 e. The van der Waals surface area contributed by atoms with E-state index in [1.165, 1.54) is 0 Å². The first-order valence-corrected chi connectivity index (χ1v) is 5.10. The Labute approximate surface area is 94.9 Å². The van der Waals surface area contributed by atoms with Crippen LogP contribution in [0.15, 0.2) is 48.5 Å². The zero-order valence-electron chi connectivity index (χ0n) is 9.03. The minimum absolute atomic E-state index is 0.0621. The van der Waals surface area contributed by atoms with Gasteiger partial charge in [0.25, 0.3) is 5.91 Å². The van der Waals surface area contributed by atoms with Crippen LogP contribution in [-0.4, -0.2) is 13.0 Å². The molecule has 0 aromatic heterocycles. The molecule has 1 N–H and O–H groups in total. The van der Waals surface area contributed by atoms with Crippen LogP contribution < -0.4 is 5.32 Å². The van der Waals surface area contributed by atoms with Crippen molar-refractivity contribution in [2.75, 3.05) is 7.05 Å². The Hall–Kier alpha value is -2.09. The number of hydrogen-bond acceptors (Lipinski definition) is 1. The van der Waals surface area contributed by atoms with Gasteiger partial charge in [0.2, 0.25) is 0 Å². The van der Waals surface area contributed by atoms with Gasteiger partial charge in [0.15, 0.2) is 0 Å². The molecule has 1 amide bonds. The van der Waals surface area contributed by atoms with Crippen molar-refractivity contribution >= 4 is 5.91 Å². The van der Waals surface area contributed by atoms with Gasteiger partial charge in [-0.3, -0.25) is 4.79 Å². The van der Waals surface area contributed by atoms with Crippen molar-refractivity contribution in [2.45, 2.75) is 0 Å². The van der Waals surface area contributed by atoms with Crippen LogP contribution in [0.1, 0.15) is 10.4 Å². The monoisotopic (exact) mass is 210 g/mol. The predicted molar refractivity (Wildman–Crippen MR) is 64.1 cm³/mol. The first-order chi connectivity index (χ1) is 7.81. The fraction of sp³-hybridized carbons (Fsp3) is 0.0714. The second-order valence-corrected chi connectivity index (χ2v) is 3.45. The van der Waals surface area contributed by atoms with E-state index in [4.69, 9.17) is 0 Å². The van der Waals surface area contributed by atoms with Gasteiger partial charge in [-0.05, 0) is 29.3 Å². The average molecular weight is 210 g/mol. The highest BCUT2D eigenvalue weighted by atomic mass is 16.1. The number of hydrogen-bond donors (Lipinski definition) is 1. The molecule has 0 unspecified atom stereocenters. The van der Waals surface area contributed by atoms with Crippen LogP contribution in [0.4, 0.5) is 0 Å². The molecule has 2 aromatic rings. The van der Waals surface area contributed by atoms with Gasteiger partial charge in [0.1, 0.15) is 0 Å². The molecule has 2 aromatic carbocycles. The highest BCUT2D eigenvalue weighted by Gasteiger charge is 2.02. The van der Waals surface area contributed by atoms with Crippen LogP contribution in [0.25, 0.3) is 11.1 Å². The SMILES string of the molecule is CNC(=O)c1ccc(-c2cc[c]cc2)cc1. The van der Waals surface area contributed by atoms with Crippen LogP contribution in [-0.2, 0) is 0 Å². The average Bonchev–Trinajstić information content (AvgIpc) is 2.39. The molecule has 79 valence electrons. The van der Waals surface area contributed by atoms with Crippen LogP contribution in [0, 0.1) is 6.07 Å². The van der Waals surface area contributed by atoms with Crippen molar-refractivity contribution in [3.8, 4) is 11.1 Å². The molecule has 0 heterocycles. The van der Waals surface area contributed by atoms with Crippen LogP contribution in [0.2, 0.25) is 0 Å². The molecule has 0 fully saturated rings. The Morgan fingerprint density at radius 1 is 1.00 bits per heavy atom. The second-order valence-electron chi connectivity index (χ2n) is 3.45. The van der Waals surface area contributed by atoms with E-state index in [9.17, 15) is 4.79 Å². The van der Waals surface area contributed by atoms with E-state index in [1.807, 2.05) is 48.5 Å². The van der Waals surface area contributed by atoms with Crippen molar-refractivity contribution in [2.24, 2.45) is 0 Å². The van der Waals surface area contributed by atoms with E-state index in [-0.39, 0.29) is 5.91 Å². The maximum Gasteiger partial charge on any atom is 0.251 e. The van der Waals surface area contributed by atoms with E-state index in [2.05, 4.69) is 11.4 Å². The Kier molecular flexibility index (Phi) is 3.01. The first kappa shape index (κ1) is 10.4. The topological polar surface area (TPSA) is 29.1 Å². The normalized spacial score (nSPS) is 9.81. The zero-order valence-corrected chi connectivity index (χ0v) is 9.03. The van der Waals surface area contributed by atoms with Gasteiger partial charge in [-0.2, -0.15) is 0 Å². The molecule has 0 bridgehead atoms. The van der Waals surface area contributed by atoms with Gasteiger partial charge in [-0.15, -0.1) is 0 Å². The fourth-order valence-corrected chi connectivity index (χ4v) is 1.54. The molecule has 0 saturated heterocycles. The molecular formula is C14H12NO. The van der Waals surface area contributed by atoms with Crippen molar-refractivity contribution in [1.82, 2.24) is 5.32 Å². The predicted octanol–water partition coefficient (Wildman–Crippen LogP) is 2.51. The maximum atomic E-state index is 11.3. The molecule has 0 atom stereocenters. The van der Waals surface area contributed by atoms with Gasteiger partial charge in [-0.1, -0.05) is 36.4 Å². The maximum absolute atomic E-state index is 11.3. The van der Waals surface area contributed by atoms with Crippen molar-refractivity contribution in [3.63, 3.8) is 0 Å². The summed E-state index contributed by atoms with van der Waals surface area (Å²) >= 11 is 0. The highest BCUT2D eigenvalue weighted by molar-refractivity contribution is 5.94. The number of carbonyl (C=O) groups is 1. The lowest BCUT2D eigenvalue weighted by Crippen LogP contribution is -2.17. The lowest BCUT2D eigenvalue weighted by Gasteiger charge is -2.03. The standard InChI is InChI=1S/C14H12NO/c1-15-14(16)13-9-7-12(8-10-13)11-5-3-2-4-6-11/h3-10H,1H3,(H,15,16). The van der Waals surface area contributed by atoms with Crippen molar-refractivity contribution in [1.29, 1.82) is 0 Å². The quantitative estimate of drug-likeness (QED) is 0.810. The van der Waals surface area contributed by atoms with Gasteiger partial charge in [-0.25, -0.2) is 0 Å². The number of rotatable bonds is 2. The van der Waals surface area contributed by atoms with Crippen molar-refractivity contribution < 1.29 is 4.79 Å². The molecule has 2 rings (SSSR count). The number of carbonyl (C=O) groups excluding carboxylic acids is 1. The molecule has 2 heteroatoms. The van der Waals surface area contributed by atoms with E-state index < -0.39 is 0 Å². The van der Waals surface area contributed by atoms with Gasteiger partial charge in [0.05, 0.1) is 0 Å². The molecule has 0 aliphatic heterocycles. The number of nitrogens with one attached hydrogen (secondary N) is 1. The Bertz CT molecular complexity index is 474. The summed E-state index contributed by atoms with van der Waals surface area (Å²) in [6.45, 7) is 0. The molecule has 0 spiro atoms. The summed E-state index contributed by atoms with van der Waals surface area (Å²) < 4.78 is 0. The Morgan fingerprint density at radius 3 is 2.12 bits per heavy atom. The van der Waals surface area contributed by atoms with Crippen LogP contribution >= 0.6 is 0 Å². The van der Waals surface area contributed by atoms with Crippen molar-refractivity contribution in [3.05, 3.63) is 60.2 Å².